The van der Waals surface area contributed by atoms with Crippen LogP contribution in [0.2, 0.25) is 0 Å². The molecule has 1 aliphatic heterocycles. The van der Waals surface area contributed by atoms with Crippen molar-refractivity contribution in [3.8, 4) is 0 Å². The quantitative estimate of drug-likeness (QED) is 0.243. The zero-order chi connectivity index (χ0) is 33.5. The fraction of sp³-hybridized carbons (Fsp3) is 0.812. The Hall–Kier alpha value is -3.18. The van der Waals surface area contributed by atoms with Crippen LogP contribution in [0.15, 0.2) is 0 Å². The molecule has 2 saturated carbocycles. The number of nitrogens with one attached hydrogen (secondary N) is 3. The van der Waals surface area contributed by atoms with Gasteiger partial charge < -0.3 is 31.5 Å². The number of amides is 6. The summed E-state index contributed by atoms with van der Waals surface area (Å²) in [5, 5.41) is 8.36. The molecule has 3 rings (SSSR count). The molecule has 5 N–H and O–H groups in total. The van der Waals surface area contributed by atoms with Crippen molar-refractivity contribution in [1.29, 1.82) is 0 Å². The standard InChI is InChI=1S/C32H54N6O6/c1-16(2)22(28(42)37(10)17(3)4)35-30(44)36-25(31(5,6)7)29(43)38-15-19-21(32(19,8)9)23(38)27(41)34-20(24(39)26(33)40)14-18-12-11-13-18/h16-23,25H,11-15H2,1-10H3,(H2,33,40)(H,34,41)(H2,35,36,44)/t19-,20-,21-,22-,23-,25+/m0/s1. The van der Waals surface area contributed by atoms with Gasteiger partial charge in [-0.15, -0.1) is 0 Å². The summed E-state index contributed by atoms with van der Waals surface area (Å²) in [6.07, 6.45) is 3.21. The second kappa shape index (κ2) is 13.0. The van der Waals surface area contributed by atoms with E-state index in [1.54, 1.807) is 11.9 Å². The Balaban J connectivity index is 1.82. The molecule has 0 aromatic rings. The van der Waals surface area contributed by atoms with E-state index in [4.69, 9.17) is 5.73 Å². The van der Waals surface area contributed by atoms with E-state index in [1.807, 2.05) is 48.5 Å². The molecule has 12 heteroatoms. The van der Waals surface area contributed by atoms with Crippen molar-refractivity contribution in [3.05, 3.63) is 0 Å². The van der Waals surface area contributed by atoms with Crippen LogP contribution in [0.3, 0.4) is 0 Å². The normalized spacial score (nSPS) is 24.5. The molecule has 3 fully saturated rings. The number of nitrogens with two attached hydrogens (primary N) is 1. The van der Waals surface area contributed by atoms with Gasteiger partial charge in [0.1, 0.15) is 18.1 Å². The number of Topliss-reactive ketones (excluding diaryl/α,β-unsaturated/α-hetero) is 1. The summed E-state index contributed by atoms with van der Waals surface area (Å²) in [6.45, 7) is 17.3. The highest BCUT2D eigenvalue weighted by molar-refractivity contribution is 6.37. The topological polar surface area (TPSA) is 171 Å². The summed E-state index contributed by atoms with van der Waals surface area (Å²) in [5.74, 6) is -3.11. The predicted molar refractivity (Wildman–Crippen MR) is 166 cm³/mol. The van der Waals surface area contributed by atoms with Gasteiger partial charge in [-0.25, -0.2) is 4.79 Å². The van der Waals surface area contributed by atoms with Crippen LogP contribution in [0.4, 0.5) is 4.79 Å². The molecular weight excluding hydrogens is 564 g/mol. The summed E-state index contributed by atoms with van der Waals surface area (Å²) in [6, 6.07) is -4.43. The molecule has 6 atom stereocenters. The number of likely N-dealkylation sites (N-methyl/N-ethyl adjacent to an activating group) is 1. The molecule has 0 aromatic heterocycles. The molecule has 12 nitrogen and oxygen atoms in total. The SMILES string of the molecule is CC(C)[C@H](NC(=O)N[C@H](C(=O)N1C[C@H]2[C@@H]([C@H]1C(=O)N[C@@H](CC1CCC1)C(=O)C(N)=O)C2(C)C)C(C)(C)C)C(=O)N(C)C(C)C. The van der Waals surface area contributed by atoms with Crippen molar-refractivity contribution in [2.75, 3.05) is 13.6 Å². The van der Waals surface area contributed by atoms with E-state index in [9.17, 15) is 28.8 Å². The van der Waals surface area contributed by atoms with Crippen LogP contribution < -0.4 is 21.7 Å². The third-order valence-electron chi connectivity index (χ3n) is 10.2. The van der Waals surface area contributed by atoms with E-state index in [-0.39, 0.29) is 41.0 Å². The van der Waals surface area contributed by atoms with Gasteiger partial charge in [0.25, 0.3) is 5.91 Å². The number of hydrogen-bond acceptors (Lipinski definition) is 6. The number of carbonyl (C=O) groups is 6. The number of fused-ring (bicyclic) bond motifs is 1. The molecule has 0 bridgehead atoms. The first kappa shape index (κ1) is 35.3. The highest BCUT2D eigenvalue weighted by Gasteiger charge is 2.70. The second-order valence-corrected chi connectivity index (χ2v) is 15.4. The van der Waals surface area contributed by atoms with Gasteiger partial charge in [-0.3, -0.25) is 24.0 Å². The Morgan fingerprint density at radius 2 is 1.57 bits per heavy atom. The van der Waals surface area contributed by atoms with Gasteiger partial charge in [-0.2, -0.15) is 0 Å². The van der Waals surface area contributed by atoms with Gasteiger partial charge in [0.05, 0.1) is 6.04 Å². The number of nitrogens with zero attached hydrogens (tertiary/aromatic N) is 2. The fourth-order valence-electron chi connectivity index (χ4n) is 6.65. The third-order valence-corrected chi connectivity index (χ3v) is 10.2. The maximum atomic E-state index is 14.2. The van der Waals surface area contributed by atoms with Gasteiger partial charge >= 0.3 is 6.03 Å². The smallest absolute Gasteiger partial charge is 0.316 e. The van der Waals surface area contributed by atoms with Gasteiger partial charge in [-0.05, 0) is 54.8 Å². The highest BCUT2D eigenvalue weighted by atomic mass is 16.2. The summed E-state index contributed by atoms with van der Waals surface area (Å²) in [7, 11) is 1.68. The molecule has 0 aromatic carbocycles. The Bertz CT molecular complexity index is 1160. The van der Waals surface area contributed by atoms with Crippen molar-refractivity contribution in [2.45, 2.75) is 118 Å². The average molecular weight is 619 g/mol. The Morgan fingerprint density at radius 3 is 2.02 bits per heavy atom. The minimum atomic E-state index is -1.10. The largest absolute Gasteiger partial charge is 0.363 e. The Kier molecular flexibility index (Phi) is 10.5. The maximum Gasteiger partial charge on any atom is 0.316 e. The van der Waals surface area contributed by atoms with Crippen LogP contribution in [-0.4, -0.2) is 89.0 Å². The molecule has 1 saturated heterocycles. The van der Waals surface area contributed by atoms with Crippen LogP contribution in [0.1, 0.15) is 88.0 Å². The summed E-state index contributed by atoms with van der Waals surface area (Å²) in [5.41, 5.74) is 4.39. The summed E-state index contributed by atoms with van der Waals surface area (Å²) < 4.78 is 0. The van der Waals surface area contributed by atoms with E-state index < -0.39 is 59.1 Å². The fourth-order valence-corrected chi connectivity index (χ4v) is 6.65. The number of ketones is 1. The lowest BCUT2D eigenvalue weighted by Crippen LogP contribution is -2.62. The number of rotatable bonds is 12. The lowest BCUT2D eigenvalue weighted by molar-refractivity contribution is -0.145. The number of carbonyl (C=O) groups excluding carboxylic acids is 6. The van der Waals surface area contributed by atoms with Crippen molar-refractivity contribution >= 4 is 35.4 Å². The summed E-state index contributed by atoms with van der Waals surface area (Å²) >= 11 is 0. The number of urea groups is 1. The number of hydrogen-bond donors (Lipinski definition) is 4. The van der Waals surface area contributed by atoms with Crippen LogP contribution in [0, 0.1) is 34.5 Å². The zero-order valence-corrected chi connectivity index (χ0v) is 28.2. The number of likely N-dealkylation sites (tertiary alicyclic amines) is 1. The van der Waals surface area contributed by atoms with Crippen LogP contribution in [-0.2, 0) is 24.0 Å². The highest BCUT2D eigenvalue weighted by Crippen LogP contribution is 2.65. The number of primary amides is 1. The minimum absolute atomic E-state index is 0.0574. The lowest BCUT2D eigenvalue weighted by atomic mass is 9.80. The van der Waals surface area contributed by atoms with Crippen molar-refractivity contribution in [3.63, 3.8) is 0 Å². The second-order valence-electron chi connectivity index (χ2n) is 15.4. The molecule has 2 aliphatic carbocycles. The van der Waals surface area contributed by atoms with Gasteiger partial charge in [0.15, 0.2) is 0 Å². The zero-order valence-electron chi connectivity index (χ0n) is 28.2. The molecule has 248 valence electrons. The lowest BCUT2D eigenvalue weighted by Gasteiger charge is -2.38. The van der Waals surface area contributed by atoms with Gasteiger partial charge in [-0.1, -0.05) is 67.7 Å². The van der Waals surface area contributed by atoms with Crippen LogP contribution in [0.25, 0.3) is 0 Å². The molecular formula is C32H54N6O6. The van der Waals surface area contributed by atoms with E-state index >= 15 is 0 Å². The van der Waals surface area contributed by atoms with Crippen molar-refractivity contribution in [1.82, 2.24) is 25.8 Å². The molecule has 6 amide bonds. The first-order valence-electron chi connectivity index (χ1n) is 16.0. The maximum absolute atomic E-state index is 14.2. The first-order chi connectivity index (χ1) is 20.2. The van der Waals surface area contributed by atoms with E-state index in [0.717, 1.165) is 19.3 Å². The molecule has 44 heavy (non-hydrogen) atoms. The van der Waals surface area contributed by atoms with Crippen molar-refractivity contribution < 1.29 is 28.8 Å². The van der Waals surface area contributed by atoms with Crippen LogP contribution >= 0.6 is 0 Å². The molecule has 0 unspecified atom stereocenters. The molecule has 0 radical (unpaired) electrons. The van der Waals surface area contributed by atoms with Gasteiger partial charge in [0, 0.05) is 19.6 Å². The Labute approximate surface area is 262 Å². The van der Waals surface area contributed by atoms with Gasteiger partial charge in [0.2, 0.25) is 23.5 Å². The number of piperidine rings is 1. The van der Waals surface area contributed by atoms with E-state index in [1.165, 1.54) is 4.90 Å². The minimum Gasteiger partial charge on any atom is -0.363 e. The van der Waals surface area contributed by atoms with Crippen LogP contribution in [0.5, 0.6) is 0 Å². The predicted octanol–water partition coefficient (Wildman–Crippen LogP) is 1.80. The third kappa shape index (κ3) is 7.37. The molecule has 0 spiro atoms. The molecule has 3 aliphatic rings. The Morgan fingerprint density at radius 1 is 0.977 bits per heavy atom. The first-order valence-corrected chi connectivity index (χ1v) is 16.0. The molecule has 1 heterocycles. The van der Waals surface area contributed by atoms with Crippen molar-refractivity contribution in [2.24, 2.45) is 40.2 Å². The van der Waals surface area contributed by atoms with E-state index in [0.29, 0.717) is 13.0 Å². The summed E-state index contributed by atoms with van der Waals surface area (Å²) in [4.78, 5) is 82.1. The monoisotopic (exact) mass is 618 g/mol. The van der Waals surface area contributed by atoms with E-state index in [2.05, 4.69) is 29.8 Å². The average Bonchev–Trinajstić information content (AvgIpc) is 3.21.